The molecule has 1 unspecified atom stereocenters. The van der Waals surface area contributed by atoms with Crippen molar-refractivity contribution < 1.29 is 9.13 Å². The number of rotatable bonds is 4. The molecule has 1 N–H and O–H groups in total. The summed E-state index contributed by atoms with van der Waals surface area (Å²) in [6.07, 6.45) is 0.840. The van der Waals surface area contributed by atoms with Crippen molar-refractivity contribution in [2.45, 2.75) is 26.0 Å². The Hall–Kier alpha value is -1.46. The van der Waals surface area contributed by atoms with Gasteiger partial charge in [-0.25, -0.2) is 9.37 Å². The maximum atomic E-state index is 13.1. The summed E-state index contributed by atoms with van der Waals surface area (Å²) in [6, 6.07) is 4.69. The first kappa shape index (κ1) is 12.6. The number of hydrogen-bond acceptors (Lipinski definition) is 4. The van der Waals surface area contributed by atoms with Crippen molar-refractivity contribution in [3.63, 3.8) is 0 Å². The lowest BCUT2D eigenvalue weighted by atomic mass is 10.1. The number of nitrogens with one attached hydrogen (secondary N) is 1. The van der Waals surface area contributed by atoms with Gasteiger partial charge in [0.15, 0.2) is 0 Å². The topological polar surface area (TPSA) is 34.2 Å². The van der Waals surface area contributed by atoms with E-state index in [2.05, 4.69) is 15.7 Å². The van der Waals surface area contributed by atoms with Crippen LogP contribution < -0.4 is 10.1 Å². The standard InChI is InChI=1S/C14H15FN2OS/c1-9-17-12(8-19-9)6-16-7-13-5-10-4-11(15)2-3-14(10)18-13/h2-4,8,13,16H,5-7H2,1H3. The molecular formula is C14H15FN2OS. The lowest BCUT2D eigenvalue weighted by molar-refractivity contribution is 0.227. The zero-order valence-electron chi connectivity index (χ0n) is 10.6. The second kappa shape index (κ2) is 5.27. The van der Waals surface area contributed by atoms with E-state index >= 15 is 0 Å². The summed E-state index contributed by atoms with van der Waals surface area (Å²) in [5.41, 5.74) is 2.01. The summed E-state index contributed by atoms with van der Waals surface area (Å²) >= 11 is 1.65. The minimum absolute atomic E-state index is 0.0801. The molecule has 5 heteroatoms. The Balaban J connectivity index is 1.51. The molecule has 0 radical (unpaired) electrons. The van der Waals surface area contributed by atoms with Crippen LogP contribution in [0.5, 0.6) is 5.75 Å². The number of nitrogens with zero attached hydrogens (tertiary/aromatic N) is 1. The van der Waals surface area contributed by atoms with E-state index in [1.165, 1.54) is 6.07 Å². The van der Waals surface area contributed by atoms with Crippen molar-refractivity contribution in [3.05, 3.63) is 45.7 Å². The van der Waals surface area contributed by atoms with Gasteiger partial charge in [-0.15, -0.1) is 11.3 Å². The van der Waals surface area contributed by atoms with E-state index in [0.717, 1.165) is 41.5 Å². The number of fused-ring (bicyclic) bond motifs is 1. The highest BCUT2D eigenvalue weighted by molar-refractivity contribution is 7.09. The van der Waals surface area contributed by atoms with Crippen molar-refractivity contribution in [3.8, 4) is 5.75 Å². The van der Waals surface area contributed by atoms with Crippen LogP contribution >= 0.6 is 11.3 Å². The summed E-state index contributed by atoms with van der Waals surface area (Å²) in [5.74, 6) is 0.603. The van der Waals surface area contributed by atoms with Crippen LogP contribution in [0, 0.1) is 12.7 Å². The predicted octanol–water partition coefficient (Wildman–Crippen LogP) is 2.68. The molecule has 1 aliphatic heterocycles. The number of thiazole rings is 1. The van der Waals surface area contributed by atoms with E-state index < -0.39 is 0 Å². The molecule has 2 aromatic rings. The average Bonchev–Trinajstić information content (AvgIpc) is 2.95. The molecule has 3 nitrogen and oxygen atoms in total. The second-order valence-corrected chi connectivity index (χ2v) is 5.75. The number of halogens is 1. The third-order valence-corrected chi connectivity index (χ3v) is 3.93. The van der Waals surface area contributed by atoms with Gasteiger partial charge in [0.1, 0.15) is 17.7 Å². The van der Waals surface area contributed by atoms with Gasteiger partial charge in [0.25, 0.3) is 0 Å². The van der Waals surface area contributed by atoms with Crippen LogP contribution in [0.15, 0.2) is 23.6 Å². The minimum atomic E-state index is -0.200. The van der Waals surface area contributed by atoms with Crippen molar-refractivity contribution in [1.82, 2.24) is 10.3 Å². The van der Waals surface area contributed by atoms with Gasteiger partial charge in [-0.3, -0.25) is 0 Å². The minimum Gasteiger partial charge on any atom is -0.488 e. The SMILES string of the molecule is Cc1nc(CNCC2Cc3cc(F)ccc3O2)cs1. The summed E-state index contributed by atoms with van der Waals surface area (Å²) in [5, 5.41) is 6.47. The molecule has 19 heavy (non-hydrogen) atoms. The van der Waals surface area contributed by atoms with Crippen LogP contribution in [0.25, 0.3) is 0 Å². The Labute approximate surface area is 115 Å². The van der Waals surface area contributed by atoms with Gasteiger partial charge < -0.3 is 10.1 Å². The highest BCUT2D eigenvalue weighted by Crippen LogP contribution is 2.28. The van der Waals surface area contributed by atoms with Gasteiger partial charge >= 0.3 is 0 Å². The van der Waals surface area contributed by atoms with Gasteiger partial charge in [-0.2, -0.15) is 0 Å². The molecule has 3 rings (SSSR count). The lowest BCUT2D eigenvalue weighted by Crippen LogP contribution is -2.29. The van der Waals surface area contributed by atoms with Crippen molar-refractivity contribution >= 4 is 11.3 Å². The maximum absolute atomic E-state index is 13.1. The van der Waals surface area contributed by atoms with Gasteiger partial charge in [-0.1, -0.05) is 0 Å². The van der Waals surface area contributed by atoms with Crippen molar-refractivity contribution in [2.24, 2.45) is 0 Å². The largest absolute Gasteiger partial charge is 0.488 e. The molecule has 0 saturated heterocycles. The van der Waals surface area contributed by atoms with E-state index in [0.29, 0.717) is 0 Å². The fourth-order valence-electron chi connectivity index (χ4n) is 2.25. The molecule has 1 aliphatic rings. The zero-order chi connectivity index (χ0) is 13.2. The Kier molecular flexibility index (Phi) is 3.48. The zero-order valence-corrected chi connectivity index (χ0v) is 11.5. The van der Waals surface area contributed by atoms with Crippen LogP contribution in [-0.4, -0.2) is 17.6 Å². The summed E-state index contributed by atoms with van der Waals surface area (Å²) in [7, 11) is 0. The third kappa shape index (κ3) is 2.93. The summed E-state index contributed by atoms with van der Waals surface area (Å²) in [6.45, 7) is 3.49. The van der Waals surface area contributed by atoms with E-state index in [4.69, 9.17) is 4.74 Å². The quantitative estimate of drug-likeness (QED) is 0.933. The smallest absolute Gasteiger partial charge is 0.123 e. The van der Waals surface area contributed by atoms with E-state index in [9.17, 15) is 4.39 Å². The van der Waals surface area contributed by atoms with Crippen molar-refractivity contribution in [1.29, 1.82) is 0 Å². The number of aryl methyl sites for hydroxylation is 1. The molecule has 0 fully saturated rings. The molecule has 0 spiro atoms. The summed E-state index contributed by atoms with van der Waals surface area (Å²) in [4.78, 5) is 4.39. The number of hydrogen-bond donors (Lipinski definition) is 1. The fraction of sp³-hybridized carbons (Fsp3) is 0.357. The van der Waals surface area contributed by atoms with Crippen LogP contribution in [0.1, 0.15) is 16.3 Å². The predicted molar refractivity (Wildman–Crippen MR) is 73.1 cm³/mol. The molecule has 2 heterocycles. The molecule has 0 bridgehead atoms. The van der Waals surface area contributed by atoms with Gasteiger partial charge in [0, 0.05) is 30.5 Å². The Morgan fingerprint density at radius 3 is 3.21 bits per heavy atom. The monoisotopic (exact) mass is 278 g/mol. The third-order valence-electron chi connectivity index (χ3n) is 3.11. The van der Waals surface area contributed by atoms with E-state index in [-0.39, 0.29) is 11.9 Å². The van der Waals surface area contributed by atoms with Gasteiger partial charge in [0.05, 0.1) is 10.7 Å². The first-order chi connectivity index (χ1) is 9.20. The maximum Gasteiger partial charge on any atom is 0.123 e. The van der Waals surface area contributed by atoms with Crippen LogP contribution in [-0.2, 0) is 13.0 Å². The molecule has 1 aromatic carbocycles. The molecule has 0 amide bonds. The van der Waals surface area contributed by atoms with Gasteiger partial charge in [-0.05, 0) is 25.1 Å². The molecule has 100 valence electrons. The van der Waals surface area contributed by atoms with Crippen LogP contribution in [0.4, 0.5) is 4.39 Å². The van der Waals surface area contributed by atoms with E-state index in [1.807, 2.05) is 6.92 Å². The molecule has 1 aromatic heterocycles. The first-order valence-electron chi connectivity index (χ1n) is 6.27. The Bertz CT molecular complexity index is 585. The highest BCUT2D eigenvalue weighted by atomic mass is 32.1. The number of ether oxygens (including phenoxy) is 1. The second-order valence-electron chi connectivity index (χ2n) is 4.68. The number of benzene rings is 1. The molecule has 0 aliphatic carbocycles. The summed E-state index contributed by atoms with van der Waals surface area (Å²) < 4.78 is 18.8. The normalized spacial score (nSPS) is 17.3. The van der Waals surface area contributed by atoms with Crippen LogP contribution in [0.2, 0.25) is 0 Å². The van der Waals surface area contributed by atoms with E-state index in [1.54, 1.807) is 23.5 Å². The molecule has 1 atom stereocenters. The number of aromatic nitrogens is 1. The molecular weight excluding hydrogens is 263 g/mol. The Morgan fingerprint density at radius 1 is 1.53 bits per heavy atom. The van der Waals surface area contributed by atoms with Crippen LogP contribution in [0.3, 0.4) is 0 Å². The van der Waals surface area contributed by atoms with Crippen molar-refractivity contribution in [2.75, 3.05) is 6.54 Å². The Morgan fingerprint density at radius 2 is 2.42 bits per heavy atom. The first-order valence-corrected chi connectivity index (χ1v) is 7.15. The molecule has 0 saturated carbocycles. The lowest BCUT2D eigenvalue weighted by Gasteiger charge is -2.10. The highest BCUT2D eigenvalue weighted by Gasteiger charge is 2.22. The fourth-order valence-corrected chi connectivity index (χ4v) is 2.87. The van der Waals surface area contributed by atoms with Gasteiger partial charge in [0.2, 0.25) is 0 Å². The average molecular weight is 278 g/mol.